The summed E-state index contributed by atoms with van der Waals surface area (Å²) in [6.07, 6.45) is 3.62. The number of hydrogen-bond acceptors (Lipinski definition) is 10. The van der Waals surface area contributed by atoms with Gasteiger partial charge < -0.3 is 36.4 Å². The first-order chi connectivity index (χ1) is 24.6. The number of nitrogen functional groups attached to an aromatic ring is 1. The Kier molecular flexibility index (Phi) is 18.8. The number of aliphatic carboxylic acids is 1. The predicted molar refractivity (Wildman–Crippen MR) is 204 cm³/mol. The lowest BCUT2D eigenvalue weighted by Gasteiger charge is -2.37. The number of esters is 1. The molecule has 1 heterocycles. The van der Waals surface area contributed by atoms with E-state index in [-0.39, 0.29) is 42.2 Å². The summed E-state index contributed by atoms with van der Waals surface area (Å²) in [7, 11) is 3.60. The molecule has 0 aliphatic rings. The van der Waals surface area contributed by atoms with Gasteiger partial charge in [-0.05, 0) is 68.8 Å². The van der Waals surface area contributed by atoms with Crippen LogP contribution in [0.15, 0.2) is 29.6 Å². The number of likely N-dealkylation sites (N-methyl/N-ethyl adjacent to an activating group) is 1. The Morgan fingerprint density at radius 1 is 1.00 bits per heavy atom. The zero-order valence-electron chi connectivity index (χ0n) is 32.1. The molecule has 0 bridgehead atoms. The molecule has 6 N–H and O–H groups in total. The monoisotopic (exact) mass is 744 g/mol. The normalized spacial score (nSPS) is 14.8. The van der Waals surface area contributed by atoms with E-state index in [0.29, 0.717) is 30.0 Å². The van der Waals surface area contributed by atoms with E-state index in [0.717, 1.165) is 31.4 Å². The molecule has 2 rings (SSSR count). The van der Waals surface area contributed by atoms with Crippen molar-refractivity contribution >= 4 is 46.7 Å². The Morgan fingerprint density at radius 2 is 1.67 bits per heavy atom. The van der Waals surface area contributed by atoms with Gasteiger partial charge in [-0.25, -0.2) is 4.98 Å². The Hall–Kier alpha value is -4.04. The number of rotatable bonds is 23. The lowest BCUT2D eigenvalue weighted by molar-refractivity contribution is -0.149. The van der Waals surface area contributed by atoms with Crippen molar-refractivity contribution < 1.29 is 33.8 Å². The van der Waals surface area contributed by atoms with Gasteiger partial charge in [-0.15, -0.1) is 11.3 Å². The quantitative estimate of drug-likeness (QED) is 0.0590. The molecule has 0 spiro atoms. The molecule has 1 aromatic carbocycles. The number of aromatic nitrogens is 1. The number of nitrogens with one attached hydrogen (secondary N) is 3. The maximum Gasteiger partial charge on any atom is 0.306 e. The van der Waals surface area contributed by atoms with Crippen molar-refractivity contribution in [2.75, 3.05) is 26.4 Å². The van der Waals surface area contributed by atoms with Gasteiger partial charge in [-0.2, -0.15) is 0 Å². The van der Waals surface area contributed by atoms with Crippen LogP contribution in [-0.2, 0) is 30.3 Å². The van der Waals surface area contributed by atoms with E-state index in [9.17, 15) is 29.1 Å². The number of ether oxygens (including phenoxy) is 1. The number of anilines is 1. The zero-order chi connectivity index (χ0) is 39.0. The molecule has 0 saturated heterocycles. The number of unbranched alkanes of at least 4 members (excludes halogenated alkanes) is 2. The fourth-order valence-electron chi connectivity index (χ4n) is 6.03. The fourth-order valence-corrected chi connectivity index (χ4v) is 6.87. The van der Waals surface area contributed by atoms with Crippen LogP contribution < -0.4 is 21.7 Å². The molecular weight excluding hydrogens is 685 g/mol. The molecule has 13 nitrogen and oxygen atoms in total. The van der Waals surface area contributed by atoms with Crippen LogP contribution in [0.3, 0.4) is 0 Å². The Bertz CT molecular complexity index is 1450. The van der Waals surface area contributed by atoms with E-state index in [1.807, 2.05) is 46.9 Å². The number of carbonyl (C=O) groups is 5. The fraction of sp³-hybridized carbons (Fsp3) is 0.632. The van der Waals surface area contributed by atoms with Crippen molar-refractivity contribution in [3.05, 3.63) is 45.9 Å². The van der Waals surface area contributed by atoms with E-state index < -0.39 is 48.0 Å². The first-order valence-corrected chi connectivity index (χ1v) is 19.2. The number of nitrogens with zero attached hydrogens (tertiary/aromatic N) is 2. The number of carboxylic acid groups (broad SMARTS) is 1. The summed E-state index contributed by atoms with van der Waals surface area (Å²) in [5.74, 6) is -3.22. The smallest absolute Gasteiger partial charge is 0.306 e. The number of benzene rings is 1. The molecule has 0 fully saturated rings. The summed E-state index contributed by atoms with van der Waals surface area (Å²) in [5.41, 5.74) is 7.42. The number of carboxylic acids is 1. The summed E-state index contributed by atoms with van der Waals surface area (Å²) in [4.78, 5) is 70.6. The van der Waals surface area contributed by atoms with Crippen molar-refractivity contribution in [1.29, 1.82) is 0 Å². The van der Waals surface area contributed by atoms with E-state index in [2.05, 4.69) is 20.9 Å². The first kappa shape index (κ1) is 44.1. The van der Waals surface area contributed by atoms with Gasteiger partial charge in [0.1, 0.15) is 16.7 Å². The summed E-state index contributed by atoms with van der Waals surface area (Å²) in [6, 6.07) is 5.56. The van der Waals surface area contributed by atoms with Crippen LogP contribution in [0.4, 0.5) is 5.69 Å². The van der Waals surface area contributed by atoms with Crippen LogP contribution in [0.5, 0.6) is 0 Å². The van der Waals surface area contributed by atoms with Crippen LogP contribution in [0.2, 0.25) is 0 Å². The second-order valence-corrected chi connectivity index (χ2v) is 15.0. The van der Waals surface area contributed by atoms with Gasteiger partial charge in [0.15, 0.2) is 6.10 Å². The maximum absolute atomic E-state index is 14.0. The molecule has 14 heteroatoms. The molecule has 0 aliphatic heterocycles. The highest BCUT2D eigenvalue weighted by atomic mass is 32.1. The minimum Gasteiger partial charge on any atom is -0.481 e. The SMILES string of the molecule is CC[C@H](C)[C@H](NC(=O)CCCCCNC)C(=O)N(C)[C@H](C[C@@H](OC(C)=O)c1nc(C(=O)N[C@@H](Cc2ccc(N)cc2)C[C@H](C)C(=O)O)cs1)C(C)C. The zero-order valence-corrected chi connectivity index (χ0v) is 32.9. The van der Waals surface area contributed by atoms with Crippen LogP contribution in [0.25, 0.3) is 0 Å². The second-order valence-electron chi connectivity index (χ2n) is 14.1. The van der Waals surface area contributed by atoms with Crippen LogP contribution >= 0.6 is 11.3 Å². The highest BCUT2D eigenvalue weighted by molar-refractivity contribution is 7.09. The minimum atomic E-state index is -0.964. The van der Waals surface area contributed by atoms with Gasteiger partial charge >= 0.3 is 11.9 Å². The minimum absolute atomic E-state index is 0.0551. The van der Waals surface area contributed by atoms with Crippen molar-refractivity contribution in [2.45, 2.75) is 117 Å². The van der Waals surface area contributed by atoms with Gasteiger partial charge in [0, 0.05) is 50.0 Å². The molecule has 6 atom stereocenters. The predicted octanol–water partition coefficient (Wildman–Crippen LogP) is 4.97. The Balaban J connectivity index is 2.26. The number of nitrogens with two attached hydrogens (primary N) is 1. The van der Waals surface area contributed by atoms with E-state index in [4.69, 9.17) is 10.5 Å². The molecule has 290 valence electrons. The van der Waals surface area contributed by atoms with E-state index in [1.165, 1.54) is 18.3 Å². The number of thiazole rings is 1. The summed E-state index contributed by atoms with van der Waals surface area (Å²) in [5, 5.41) is 20.6. The number of amides is 3. The lowest BCUT2D eigenvalue weighted by atomic mass is 9.93. The second kappa shape index (κ2) is 22.1. The molecule has 0 saturated carbocycles. The molecule has 0 radical (unpaired) electrons. The van der Waals surface area contributed by atoms with Crippen LogP contribution in [0.1, 0.15) is 114 Å². The summed E-state index contributed by atoms with van der Waals surface area (Å²) >= 11 is 1.17. The third-order valence-corrected chi connectivity index (χ3v) is 10.3. The number of hydrogen-bond donors (Lipinski definition) is 5. The highest BCUT2D eigenvalue weighted by Crippen LogP contribution is 2.31. The van der Waals surface area contributed by atoms with E-state index >= 15 is 0 Å². The van der Waals surface area contributed by atoms with Crippen molar-refractivity contribution in [3.63, 3.8) is 0 Å². The molecule has 1 aromatic heterocycles. The van der Waals surface area contributed by atoms with Crippen molar-refractivity contribution in [1.82, 2.24) is 25.8 Å². The van der Waals surface area contributed by atoms with Gasteiger partial charge in [-0.1, -0.05) is 59.6 Å². The molecule has 0 unspecified atom stereocenters. The molecule has 52 heavy (non-hydrogen) atoms. The maximum atomic E-state index is 14.0. The standard InChI is InChI=1S/C38H60N6O7S/c1-9-24(4)34(43-33(46)13-11-10-12-18-40-7)37(48)44(8)31(23(2)3)21-32(51-26(6)45)36-42-30(22-52-36)35(47)41-29(19-25(5)38(49)50)20-27-14-16-28(39)17-15-27/h14-17,22-25,29,31-32,34,40H,9-13,18-21,39H2,1-8H3,(H,41,47)(H,43,46)(H,49,50)/t24-,25-,29+,31+,32+,34-/m0/s1. The molecular formula is C38H60N6O7S. The summed E-state index contributed by atoms with van der Waals surface area (Å²) < 4.78 is 5.74. The topological polar surface area (TPSA) is 193 Å². The average molecular weight is 745 g/mol. The molecule has 2 aromatic rings. The largest absolute Gasteiger partial charge is 0.481 e. The third-order valence-electron chi connectivity index (χ3n) is 9.39. The lowest BCUT2D eigenvalue weighted by Crippen LogP contribution is -2.54. The Labute approximate surface area is 312 Å². The van der Waals surface area contributed by atoms with Crippen LogP contribution in [-0.4, -0.2) is 83.4 Å². The average Bonchev–Trinajstić information content (AvgIpc) is 3.59. The highest BCUT2D eigenvalue weighted by Gasteiger charge is 2.35. The summed E-state index contributed by atoms with van der Waals surface area (Å²) in [6.45, 7) is 11.7. The van der Waals surface area contributed by atoms with Crippen LogP contribution in [0, 0.1) is 17.8 Å². The van der Waals surface area contributed by atoms with Crippen molar-refractivity contribution in [3.8, 4) is 0 Å². The van der Waals surface area contributed by atoms with E-state index in [1.54, 1.807) is 36.4 Å². The van der Waals surface area contributed by atoms with Gasteiger partial charge in [-0.3, -0.25) is 24.0 Å². The Morgan fingerprint density at radius 3 is 2.25 bits per heavy atom. The first-order valence-electron chi connectivity index (χ1n) is 18.3. The van der Waals surface area contributed by atoms with Crippen molar-refractivity contribution in [2.24, 2.45) is 17.8 Å². The van der Waals surface area contributed by atoms with Gasteiger partial charge in [0.2, 0.25) is 11.8 Å². The van der Waals surface area contributed by atoms with Gasteiger partial charge in [0.05, 0.1) is 5.92 Å². The third kappa shape index (κ3) is 14.5. The number of carbonyl (C=O) groups excluding carboxylic acids is 4. The molecule has 3 amide bonds. The molecule has 0 aliphatic carbocycles. The van der Waals surface area contributed by atoms with Gasteiger partial charge in [0.25, 0.3) is 5.91 Å².